The maximum absolute atomic E-state index is 11.4. The van der Waals surface area contributed by atoms with E-state index < -0.39 is 5.97 Å². The SMILES string of the molecule is CC(Cc1ccco1)N1CCCc2c(C(=O)O)cccc21. The second-order valence-corrected chi connectivity index (χ2v) is 5.54. The third-order valence-corrected chi connectivity index (χ3v) is 4.13. The minimum atomic E-state index is -0.840. The third kappa shape index (κ3) is 2.66. The second-order valence-electron chi connectivity index (χ2n) is 5.54. The molecule has 0 aliphatic carbocycles. The summed E-state index contributed by atoms with van der Waals surface area (Å²) in [5.41, 5.74) is 2.45. The Morgan fingerprint density at radius 2 is 2.24 bits per heavy atom. The molecule has 4 nitrogen and oxygen atoms in total. The summed E-state index contributed by atoms with van der Waals surface area (Å²) in [6.45, 7) is 3.11. The Hall–Kier alpha value is -2.23. The van der Waals surface area contributed by atoms with E-state index in [2.05, 4.69) is 11.8 Å². The normalized spacial score (nSPS) is 15.6. The van der Waals surface area contributed by atoms with E-state index >= 15 is 0 Å². The van der Waals surface area contributed by atoms with Gasteiger partial charge in [-0.15, -0.1) is 0 Å². The standard InChI is InChI=1S/C17H19NO3/c1-12(11-13-5-4-10-21-13)18-9-3-7-14-15(17(19)20)6-2-8-16(14)18/h2,4-6,8,10,12H,3,7,9,11H2,1H3,(H,19,20). The van der Waals surface area contributed by atoms with Gasteiger partial charge in [0.15, 0.2) is 0 Å². The van der Waals surface area contributed by atoms with Crippen molar-refractivity contribution in [2.75, 3.05) is 11.4 Å². The number of fused-ring (bicyclic) bond motifs is 1. The average molecular weight is 285 g/mol. The number of anilines is 1. The highest BCUT2D eigenvalue weighted by Gasteiger charge is 2.25. The molecule has 0 spiro atoms. The number of nitrogens with zero attached hydrogens (tertiary/aromatic N) is 1. The van der Waals surface area contributed by atoms with Crippen LogP contribution >= 0.6 is 0 Å². The summed E-state index contributed by atoms with van der Waals surface area (Å²) in [5.74, 6) is 0.122. The second kappa shape index (κ2) is 5.64. The number of carboxylic acid groups (broad SMARTS) is 1. The van der Waals surface area contributed by atoms with Crippen LogP contribution in [0.25, 0.3) is 0 Å². The van der Waals surface area contributed by atoms with Crippen LogP contribution in [-0.4, -0.2) is 23.7 Å². The number of hydrogen-bond acceptors (Lipinski definition) is 3. The first kappa shape index (κ1) is 13.7. The summed E-state index contributed by atoms with van der Waals surface area (Å²) < 4.78 is 5.42. The predicted molar refractivity (Wildman–Crippen MR) is 80.9 cm³/mol. The zero-order valence-corrected chi connectivity index (χ0v) is 12.1. The van der Waals surface area contributed by atoms with E-state index in [0.29, 0.717) is 5.56 Å². The lowest BCUT2D eigenvalue weighted by atomic mass is 9.94. The number of carboxylic acids is 1. The van der Waals surface area contributed by atoms with Gasteiger partial charge in [0.1, 0.15) is 5.76 Å². The van der Waals surface area contributed by atoms with Crippen molar-refractivity contribution < 1.29 is 14.3 Å². The molecule has 0 amide bonds. The van der Waals surface area contributed by atoms with E-state index in [-0.39, 0.29) is 6.04 Å². The average Bonchev–Trinajstić information content (AvgIpc) is 2.98. The Balaban J connectivity index is 1.90. The lowest BCUT2D eigenvalue weighted by Gasteiger charge is -2.36. The molecule has 0 fully saturated rings. The lowest BCUT2D eigenvalue weighted by Crippen LogP contribution is -2.39. The van der Waals surface area contributed by atoms with E-state index in [1.165, 1.54) is 0 Å². The van der Waals surface area contributed by atoms with Crippen molar-refractivity contribution in [3.05, 3.63) is 53.5 Å². The van der Waals surface area contributed by atoms with Gasteiger partial charge >= 0.3 is 5.97 Å². The van der Waals surface area contributed by atoms with Crippen molar-refractivity contribution in [2.45, 2.75) is 32.2 Å². The molecule has 1 atom stereocenters. The largest absolute Gasteiger partial charge is 0.478 e. The maximum Gasteiger partial charge on any atom is 0.336 e. The van der Waals surface area contributed by atoms with Gasteiger partial charge in [-0.3, -0.25) is 0 Å². The minimum absolute atomic E-state index is 0.277. The summed E-state index contributed by atoms with van der Waals surface area (Å²) in [6.07, 6.45) is 4.33. The first-order valence-corrected chi connectivity index (χ1v) is 7.31. The molecule has 21 heavy (non-hydrogen) atoms. The number of hydrogen-bond donors (Lipinski definition) is 1. The molecule has 1 N–H and O–H groups in total. The van der Waals surface area contributed by atoms with Gasteiger partial charge in [0, 0.05) is 24.7 Å². The van der Waals surface area contributed by atoms with Crippen LogP contribution in [0.1, 0.15) is 35.0 Å². The summed E-state index contributed by atoms with van der Waals surface area (Å²) >= 11 is 0. The fourth-order valence-electron chi connectivity index (χ4n) is 3.14. The molecule has 2 heterocycles. The molecular formula is C17H19NO3. The molecule has 1 aliphatic heterocycles. The van der Waals surface area contributed by atoms with Crippen LogP contribution in [0, 0.1) is 0 Å². The van der Waals surface area contributed by atoms with Crippen molar-refractivity contribution in [2.24, 2.45) is 0 Å². The van der Waals surface area contributed by atoms with E-state index in [4.69, 9.17) is 4.42 Å². The van der Waals surface area contributed by atoms with Gasteiger partial charge in [-0.1, -0.05) is 6.07 Å². The molecule has 1 aromatic carbocycles. The molecule has 0 radical (unpaired) electrons. The molecule has 0 bridgehead atoms. The highest BCUT2D eigenvalue weighted by Crippen LogP contribution is 2.32. The van der Waals surface area contributed by atoms with Gasteiger partial charge < -0.3 is 14.4 Å². The van der Waals surface area contributed by atoms with Crippen LogP contribution in [0.3, 0.4) is 0 Å². The maximum atomic E-state index is 11.4. The molecule has 0 saturated carbocycles. The van der Waals surface area contributed by atoms with Gasteiger partial charge in [-0.05, 0) is 49.6 Å². The smallest absolute Gasteiger partial charge is 0.336 e. The van der Waals surface area contributed by atoms with E-state index in [1.807, 2.05) is 24.3 Å². The van der Waals surface area contributed by atoms with Crippen LogP contribution in [-0.2, 0) is 12.8 Å². The monoisotopic (exact) mass is 285 g/mol. The molecular weight excluding hydrogens is 266 g/mol. The molecule has 0 saturated heterocycles. The lowest BCUT2D eigenvalue weighted by molar-refractivity contribution is 0.0695. The van der Waals surface area contributed by atoms with Crippen LogP contribution in [0.5, 0.6) is 0 Å². The Kier molecular flexibility index (Phi) is 3.69. The highest BCUT2D eigenvalue weighted by molar-refractivity contribution is 5.91. The first-order chi connectivity index (χ1) is 10.2. The Morgan fingerprint density at radius 3 is 2.95 bits per heavy atom. The zero-order valence-electron chi connectivity index (χ0n) is 12.1. The van der Waals surface area contributed by atoms with Crippen LogP contribution in [0.15, 0.2) is 41.0 Å². The predicted octanol–water partition coefficient (Wildman–Crippen LogP) is 3.36. The minimum Gasteiger partial charge on any atom is -0.478 e. The quantitative estimate of drug-likeness (QED) is 0.936. The van der Waals surface area contributed by atoms with Gasteiger partial charge in [-0.25, -0.2) is 4.79 Å². The highest BCUT2D eigenvalue weighted by atomic mass is 16.4. The Morgan fingerprint density at radius 1 is 1.38 bits per heavy atom. The van der Waals surface area contributed by atoms with Crippen LogP contribution < -0.4 is 4.90 Å². The molecule has 2 aromatic rings. The van der Waals surface area contributed by atoms with Crippen LogP contribution in [0.2, 0.25) is 0 Å². The Bertz CT molecular complexity index is 633. The zero-order chi connectivity index (χ0) is 14.8. The first-order valence-electron chi connectivity index (χ1n) is 7.31. The van der Waals surface area contributed by atoms with Crippen molar-refractivity contribution in [1.29, 1.82) is 0 Å². The van der Waals surface area contributed by atoms with Crippen molar-refractivity contribution in [3.8, 4) is 0 Å². The fourth-order valence-corrected chi connectivity index (χ4v) is 3.14. The number of carbonyl (C=O) groups is 1. The van der Waals surface area contributed by atoms with E-state index in [9.17, 15) is 9.90 Å². The van der Waals surface area contributed by atoms with Gasteiger partial charge in [-0.2, -0.15) is 0 Å². The van der Waals surface area contributed by atoms with Crippen molar-refractivity contribution in [1.82, 2.24) is 0 Å². The molecule has 1 aromatic heterocycles. The molecule has 4 heteroatoms. The molecule has 1 unspecified atom stereocenters. The topological polar surface area (TPSA) is 53.7 Å². The van der Waals surface area contributed by atoms with Gasteiger partial charge in [0.2, 0.25) is 0 Å². The molecule has 1 aliphatic rings. The van der Waals surface area contributed by atoms with Crippen LogP contribution in [0.4, 0.5) is 5.69 Å². The third-order valence-electron chi connectivity index (χ3n) is 4.13. The van der Waals surface area contributed by atoms with Crippen molar-refractivity contribution in [3.63, 3.8) is 0 Å². The number of furan rings is 1. The van der Waals surface area contributed by atoms with Gasteiger partial charge in [0.25, 0.3) is 0 Å². The van der Waals surface area contributed by atoms with Crippen molar-refractivity contribution >= 4 is 11.7 Å². The summed E-state index contributed by atoms with van der Waals surface area (Å²) in [5, 5.41) is 9.34. The fraction of sp³-hybridized carbons (Fsp3) is 0.353. The van der Waals surface area contributed by atoms with E-state index in [1.54, 1.807) is 12.3 Å². The molecule has 110 valence electrons. The van der Waals surface area contributed by atoms with Gasteiger partial charge in [0.05, 0.1) is 11.8 Å². The summed E-state index contributed by atoms with van der Waals surface area (Å²) in [6, 6.07) is 9.71. The molecule has 3 rings (SSSR count). The number of rotatable bonds is 4. The Labute approximate surface area is 124 Å². The summed E-state index contributed by atoms with van der Waals surface area (Å²) in [7, 11) is 0. The number of aromatic carboxylic acids is 1. The summed E-state index contributed by atoms with van der Waals surface area (Å²) in [4.78, 5) is 13.7. The number of benzene rings is 1. The van der Waals surface area contributed by atoms with E-state index in [0.717, 1.165) is 42.8 Å².